The first-order valence-electron chi connectivity index (χ1n) is 7.08. The lowest BCUT2D eigenvalue weighted by Crippen LogP contribution is -2.46. The molecule has 2 rings (SSSR count). The van der Waals surface area contributed by atoms with Crippen molar-refractivity contribution in [3.05, 3.63) is 23.3 Å². The van der Waals surface area contributed by atoms with Crippen molar-refractivity contribution < 1.29 is 4.74 Å². The minimum Gasteiger partial charge on any atom is -0.496 e. The summed E-state index contributed by atoms with van der Waals surface area (Å²) in [4.78, 5) is 2.35. The van der Waals surface area contributed by atoms with Crippen molar-refractivity contribution in [3.8, 4) is 5.75 Å². The predicted octanol–water partition coefficient (Wildman–Crippen LogP) is 2.88. The molecule has 0 saturated heterocycles. The lowest BCUT2D eigenvalue weighted by atomic mass is 9.68. The van der Waals surface area contributed by atoms with E-state index in [4.69, 9.17) is 10.5 Å². The maximum absolute atomic E-state index is 5.96. The van der Waals surface area contributed by atoms with Gasteiger partial charge >= 0.3 is 0 Å². The smallest absolute Gasteiger partial charge is 0.122 e. The molecule has 0 bridgehead atoms. The molecule has 0 radical (unpaired) electrons. The highest BCUT2D eigenvalue weighted by Crippen LogP contribution is 2.41. The number of rotatable bonds is 5. The number of ether oxygens (including phenoxy) is 1. The normalized spacial score (nSPS) is 16.9. The Morgan fingerprint density at radius 1 is 1.26 bits per heavy atom. The second-order valence-electron chi connectivity index (χ2n) is 6.02. The van der Waals surface area contributed by atoms with Crippen LogP contribution in [0, 0.1) is 19.3 Å². The zero-order chi connectivity index (χ0) is 14.0. The lowest BCUT2D eigenvalue weighted by Gasteiger charge is -2.44. The number of nitrogens with two attached hydrogens (primary N) is 1. The van der Waals surface area contributed by atoms with Crippen molar-refractivity contribution in [2.75, 3.05) is 32.1 Å². The lowest BCUT2D eigenvalue weighted by molar-refractivity contribution is 0.154. The quantitative estimate of drug-likeness (QED) is 0.886. The van der Waals surface area contributed by atoms with Gasteiger partial charge in [-0.3, -0.25) is 0 Å². The Morgan fingerprint density at radius 2 is 1.95 bits per heavy atom. The van der Waals surface area contributed by atoms with Gasteiger partial charge in [-0.2, -0.15) is 0 Å². The van der Waals surface area contributed by atoms with Gasteiger partial charge in [-0.25, -0.2) is 0 Å². The third-order valence-electron chi connectivity index (χ3n) is 4.54. The van der Waals surface area contributed by atoms with Gasteiger partial charge in [-0.15, -0.1) is 0 Å². The van der Waals surface area contributed by atoms with Crippen LogP contribution in [0.1, 0.15) is 30.4 Å². The molecule has 3 nitrogen and oxygen atoms in total. The summed E-state index contributed by atoms with van der Waals surface area (Å²) in [5, 5.41) is 0. The molecular formula is C16H26N2O. The number of anilines is 1. The van der Waals surface area contributed by atoms with Gasteiger partial charge in [0.25, 0.3) is 0 Å². The molecule has 0 aliphatic heterocycles. The summed E-state index contributed by atoms with van der Waals surface area (Å²) >= 11 is 0. The molecule has 3 heteroatoms. The van der Waals surface area contributed by atoms with E-state index in [9.17, 15) is 0 Å². The van der Waals surface area contributed by atoms with Gasteiger partial charge in [0.05, 0.1) is 7.11 Å². The van der Waals surface area contributed by atoms with Crippen LogP contribution in [0.2, 0.25) is 0 Å². The molecule has 2 N–H and O–H groups in total. The fourth-order valence-electron chi connectivity index (χ4n) is 3.10. The van der Waals surface area contributed by atoms with Crippen LogP contribution in [0.25, 0.3) is 0 Å². The molecule has 0 aromatic heterocycles. The van der Waals surface area contributed by atoms with Crippen LogP contribution >= 0.6 is 0 Å². The predicted molar refractivity (Wildman–Crippen MR) is 81.1 cm³/mol. The maximum Gasteiger partial charge on any atom is 0.122 e. The van der Waals surface area contributed by atoms with E-state index in [2.05, 4.69) is 37.9 Å². The highest BCUT2D eigenvalue weighted by Gasteiger charge is 2.36. The molecule has 1 fully saturated rings. The molecule has 1 aromatic rings. The van der Waals surface area contributed by atoms with E-state index in [0.29, 0.717) is 5.41 Å². The Kier molecular flexibility index (Phi) is 4.04. The summed E-state index contributed by atoms with van der Waals surface area (Å²) in [7, 11) is 3.90. The van der Waals surface area contributed by atoms with E-state index in [0.717, 1.165) is 18.8 Å². The van der Waals surface area contributed by atoms with E-state index < -0.39 is 0 Å². The first kappa shape index (κ1) is 14.2. The van der Waals surface area contributed by atoms with E-state index in [1.165, 1.54) is 36.1 Å². The first-order chi connectivity index (χ1) is 9.01. The standard InChI is InChI=1S/C16H26N2O/c1-12-9-15(19-4)13(2)8-14(12)18(3)11-16(10-17)6-5-7-16/h8-9H,5-7,10-11,17H2,1-4H3. The van der Waals surface area contributed by atoms with Crippen LogP contribution in [0.5, 0.6) is 5.75 Å². The summed E-state index contributed by atoms with van der Waals surface area (Å²) < 4.78 is 5.38. The summed E-state index contributed by atoms with van der Waals surface area (Å²) in [5.41, 5.74) is 10.0. The number of methoxy groups -OCH3 is 1. The third-order valence-corrected chi connectivity index (χ3v) is 4.54. The summed E-state index contributed by atoms with van der Waals surface area (Å²) in [6.07, 6.45) is 3.86. The minimum atomic E-state index is 0.342. The topological polar surface area (TPSA) is 38.5 Å². The van der Waals surface area contributed by atoms with Crippen molar-refractivity contribution in [2.45, 2.75) is 33.1 Å². The highest BCUT2D eigenvalue weighted by atomic mass is 16.5. The maximum atomic E-state index is 5.96. The van der Waals surface area contributed by atoms with Gasteiger partial charge < -0.3 is 15.4 Å². The molecule has 0 spiro atoms. The molecule has 1 aromatic carbocycles. The van der Waals surface area contributed by atoms with Gasteiger partial charge in [0.15, 0.2) is 0 Å². The van der Waals surface area contributed by atoms with E-state index in [1.807, 2.05) is 0 Å². The number of aryl methyl sites for hydroxylation is 2. The highest BCUT2D eigenvalue weighted by molar-refractivity contribution is 5.58. The van der Waals surface area contributed by atoms with Gasteiger partial charge in [0.1, 0.15) is 5.75 Å². The van der Waals surface area contributed by atoms with Crippen molar-refractivity contribution in [1.29, 1.82) is 0 Å². The SMILES string of the molecule is COc1cc(C)c(N(C)CC2(CN)CCC2)cc1C. The molecule has 0 atom stereocenters. The van der Waals surface area contributed by atoms with Crippen molar-refractivity contribution >= 4 is 5.69 Å². The Balaban J connectivity index is 2.19. The monoisotopic (exact) mass is 262 g/mol. The van der Waals surface area contributed by atoms with Gasteiger partial charge in [-0.1, -0.05) is 6.42 Å². The van der Waals surface area contributed by atoms with Crippen LogP contribution in [-0.2, 0) is 0 Å². The average Bonchev–Trinajstić information content (AvgIpc) is 2.35. The molecule has 0 unspecified atom stereocenters. The first-order valence-corrected chi connectivity index (χ1v) is 7.08. The Hall–Kier alpha value is -1.22. The average molecular weight is 262 g/mol. The molecule has 19 heavy (non-hydrogen) atoms. The van der Waals surface area contributed by atoms with Crippen LogP contribution < -0.4 is 15.4 Å². The number of nitrogens with zero attached hydrogens (tertiary/aromatic N) is 1. The van der Waals surface area contributed by atoms with E-state index >= 15 is 0 Å². The Morgan fingerprint density at radius 3 is 2.42 bits per heavy atom. The second-order valence-corrected chi connectivity index (χ2v) is 6.02. The zero-order valence-corrected chi connectivity index (χ0v) is 12.6. The largest absolute Gasteiger partial charge is 0.496 e. The fourth-order valence-corrected chi connectivity index (χ4v) is 3.10. The summed E-state index contributed by atoms with van der Waals surface area (Å²) in [5.74, 6) is 0.965. The second kappa shape index (κ2) is 5.41. The molecule has 1 aliphatic carbocycles. The number of benzene rings is 1. The number of hydrogen-bond donors (Lipinski definition) is 1. The molecule has 0 heterocycles. The van der Waals surface area contributed by atoms with Gasteiger partial charge in [0.2, 0.25) is 0 Å². The Labute approximate surface area is 116 Å². The van der Waals surface area contributed by atoms with Gasteiger partial charge in [-0.05, 0) is 56.5 Å². The zero-order valence-electron chi connectivity index (χ0n) is 12.6. The van der Waals surface area contributed by atoms with Gasteiger partial charge in [0, 0.05) is 24.7 Å². The molecule has 1 aliphatic rings. The Bertz CT molecular complexity index is 447. The third kappa shape index (κ3) is 2.71. The van der Waals surface area contributed by atoms with Crippen molar-refractivity contribution in [3.63, 3.8) is 0 Å². The van der Waals surface area contributed by atoms with Crippen molar-refractivity contribution in [1.82, 2.24) is 0 Å². The van der Waals surface area contributed by atoms with E-state index in [-0.39, 0.29) is 0 Å². The van der Waals surface area contributed by atoms with Crippen LogP contribution in [0.4, 0.5) is 5.69 Å². The van der Waals surface area contributed by atoms with Crippen LogP contribution in [-0.4, -0.2) is 27.2 Å². The fraction of sp³-hybridized carbons (Fsp3) is 0.625. The summed E-state index contributed by atoms with van der Waals surface area (Å²) in [6, 6.07) is 4.34. The molecule has 1 saturated carbocycles. The van der Waals surface area contributed by atoms with Crippen LogP contribution in [0.15, 0.2) is 12.1 Å². The van der Waals surface area contributed by atoms with Crippen LogP contribution in [0.3, 0.4) is 0 Å². The molecular weight excluding hydrogens is 236 g/mol. The molecule has 106 valence electrons. The van der Waals surface area contributed by atoms with Crippen molar-refractivity contribution in [2.24, 2.45) is 11.1 Å². The molecule has 0 amide bonds. The summed E-state index contributed by atoms with van der Waals surface area (Å²) in [6.45, 7) is 6.09. The number of hydrogen-bond acceptors (Lipinski definition) is 3. The minimum absolute atomic E-state index is 0.342. The van der Waals surface area contributed by atoms with E-state index in [1.54, 1.807) is 7.11 Å².